The lowest BCUT2D eigenvalue weighted by Crippen LogP contribution is -2.42. The quantitative estimate of drug-likeness (QED) is 0.443. The molecule has 4 aromatic rings. The van der Waals surface area contributed by atoms with Gasteiger partial charge in [0.1, 0.15) is 6.04 Å². The molecular formula is C21H19ClN6O2. The minimum Gasteiger partial charge on any atom is -0.339 e. The fraction of sp³-hybridized carbons (Fsp3) is 0.143. The first-order valence-electron chi connectivity index (χ1n) is 9.32. The Morgan fingerprint density at radius 2 is 1.93 bits per heavy atom. The summed E-state index contributed by atoms with van der Waals surface area (Å²) in [5.41, 5.74) is 1.89. The number of anilines is 1. The zero-order chi connectivity index (χ0) is 21.1. The van der Waals surface area contributed by atoms with Crippen molar-refractivity contribution < 1.29 is 9.59 Å². The number of halogens is 1. The number of aromatic nitrogens is 4. The second kappa shape index (κ2) is 8.38. The lowest BCUT2D eigenvalue weighted by atomic mass is 10.2. The van der Waals surface area contributed by atoms with Gasteiger partial charge in [-0.15, -0.1) is 0 Å². The molecule has 0 aliphatic carbocycles. The minimum atomic E-state index is -0.793. The third-order valence-electron chi connectivity index (χ3n) is 4.68. The number of hydrogen-bond donors (Lipinski definition) is 3. The molecule has 2 heterocycles. The maximum absolute atomic E-state index is 12.6. The monoisotopic (exact) mass is 422 g/mol. The van der Waals surface area contributed by atoms with Crippen LogP contribution in [0.2, 0.25) is 5.02 Å². The van der Waals surface area contributed by atoms with Crippen LogP contribution in [-0.2, 0) is 11.3 Å². The van der Waals surface area contributed by atoms with Gasteiger partial charge in [0.2, 0.25) is 11.9 Å². The Hall–Kier alpha value is -3.65. The minimum absolute atomic E-state index is 0.241. The molecule has 152 valence electrons. The highest BCUT2D eigenvalue weighted by molar-refractivity contribution is 6.31. The van der Waals surface area contributed by atoms with Crippen LogP contribution in [0.15, 0.2) is 60.9 Å². The van der Waals surface area contributed by atoms with Crippen LogP contribution >= 0.6 is 11.6 Å². The highest BCUT2D eigenvalue weighted by Crippen LogP contribution is 2.18. The highest BCUT2D eigenvalue weighted by Gasteiger charge is 2.21. The average Bonchev–Trinajstić information content (AvgIpc) is 3.36. The molecule has 1 atom stereocenters. The third kappa shape index (κ3) is 4.04. The lowest BCUT2D eigenvalue weighted by Gasteiger charge is -2.14. The molecule has 0 fully saturated rings. The summed E-state index contributed by atoms with van der Waals surface area (Å²) in [5.74, 6) is -0.462. The Labute approximate surface area is 177 Å². The van der Waals surface area contributed by atoms with E-state index in [9.17, 15) is 9.59 Å². The zero-order valence-corrected chi connectivity index (χ0v) is 16.8. The predicted octanol–water partition coefficient (Wildman–Crippen LogP) is 3.22. The summed E-state index contributed by atoms with van der Waals surface area (Å²) >= 11 is 6.22. The van der Waals surface area contributed by atoms with Gasteiger partial charge in [0, 0.05) is 22.8 Å². The van der Waals surface area contributed by atoms with Crippen LogP contribution < -0.4 is 10.6 Å². The SMILES string of the molecule is CC(NC(=O)c1n[nH]c2ccccc12)C(=O)Nc1nccn1Cc1ccccc1Cl. The molecule has 2 amide bonds. The smallest absolute Gasteiger partial charge is 0.273 e. The number of H-pyrrole nitrogens is 1. The molecule has 0 radical (unpaired) electrons. The molecule has 0 bridgehead atoms. The van der Waals surface area contributed by atoms with Gasteiger partial charge in [-0.25, -0.2) is 4.98 Å². The van der Waals surface area contributed by atoms with Crippen LogP contribution in [0.4, 0.5) is 5.95 Å². The van der Waals surface area contributed by atoms with Gasteiger partial charge >= 0.3 is 0 Å². The topological polar surface area (TPSA) is 105 Å². The van der Waals surface area contributed by atoms with Crippen LogP contribution in [-0.4, -0.2) is 37.6 Å². The molecule has 2 aromatic carbocycles. The second-order valence-electron chi connectivity index (χ2n) is 6.77. The van der Waals surface area contributed by atoms with Gasteiger partial charge in [-0.2, -0.15) is 5.10 Å². The summed E-state index contributed by atoms with van der Waals surface area (Å²) in [7, 11) is 0. The van der Waals surface area contributed by atoms with Gasteiger partial charge in [0.15, 0.2) is 5.69 Å². The number of benzene rings is 2. The molecule has 3 N–H and O–H groups in total. The Balaban J connectivity index is 1.42. The molecule has 1 unspecified atom stereocenters. The maximum Gasteiger partial charge on any atom is 0.273 e. The number of amides is 2. The number of rotatable bonds is 6. The van der Waals surface area contributed by atoms with Gasteiger partial charge in [-0.3, -0.25) is 20.0 Å². The normalized spacial score (nSPS) is 11.9. The van der Waals surface area contributed by atoms with Crippen LogP contribution in [0.3, 0.4) is 0 Å². The third-order valence-corrected chi connectivity index (χ3v) is 5.04. The molecule has 4 rings (SSSR count). The number of nitrogens with one attached hydrogen (secondary N) is 3. The van der Waals surface area contributed by atoms with Gasteiger partial charge in [0.25, 0.3) is 5.91 Å². The Morgan fingerprint density at radius 3 is 2.77 bits per heavy atom. The summed E-state index contributed by atoms with van der Waals surface area (Å²) in [5, 5.41) is 13.6. The number of para-hydroxylation sites is 1. The van der Waals surface area contributed by atoms with Crippen LogP contribution in [0, 0.1) is 0 Å². The summed E-state index contributed by atoms with van der Waals surface area (Å²) in [6.45, 7) is 2.05. The van der Waals surface area contributed by atoms with E-state index in [4.69, 9.17) is 11.6 Å². The van der Waals surface area contributed by atoms with E-state index in [2.05, 4.69) is 25.8 Å². The van der Waals surface area contributed by atoms with Gasteiger partial charge < -0.3 is 9.88 Å². The Kier molecular flexibility index (Phi) is 5.49. The first kappa shape index (κ1) is 19.7. The molecular weight excluding hydrogens is 404 g/mol. The number of nitrogens with zero attached hydrogens (tertiary/aromatic N) is 3. The average molecular weight is 423 g/mol. The van der Waals surface area contributed by atoms with Crippen LogP contribution in [0.25, 0.3) is 10.9 Å². The van der Waals surface area contributed by atoms with Gasteiger partial charge in [-0.1, -0.05) is 48.0 Å². The summed E-state index contributed by atoms with van der Waals surface area (Å²) in [4.78, 5) is 29.4. The van der Waals surface area contributed by atoms with Crippen molar-refractivity contribution >= 4 is 40.3 Å². The molecule has 0 aliphatic heterocycles. The van der Waals surface area contributed by atoms with E-state index in [1.54, 1.807) is 30.0 Å². The molecule has 0 aliphatic rings. The molecule has 0 spiro atoms. The van der Waals surface area contributed by atoms with E-state index >= 15 is 0 Å². The van der Waals surface area contributed by atoms with E-state index in [1.807, 2.05) is 42.5 Å². The van der Waals surface area contributed by atoms with Crippen LogP contribution in [0.1, 0.15) is 23.0 Å². The summed E-state index contributed by atoms with van der Waals surface area (Å²) < 4.78 is 1.77. The van der Waals surface area contributed by atoms with Crippen molar-refractivity contribution in [2.75, 3.05) is 5.32 Å². The summed E-state index contributed by atoms with van der Waals surface area (Å²) in [6, 6.07) is 14.0. The largest absolute Gasteiger partial charge is 0.339 e. The summed E-state index contributed by atoms with van der Waals surface area (Å²) in [6.07, 6.45) is 3.34. The number of hydrogen-bond acceptors (Lipinski definition) is 4. The molecule has 8 nitrogen and oxygen atoms in total. The molecule has 2 aromatic heterocycles. The van der Waals surface area contributed by atoms with Crippen molar-refractivity contribution in [1.82, 2.24) is 25.1 Å². The maximum atomic E-state index is 12.6. The first-order chi connectivity index (χ1) is 14.5. The number of aromatic amines is 1. The van der Waals surface area contributed by atoms with Gasteiger partial charge in [0.05, 0.1) is 12.1 Å². The Morgan fingerprint density at radius 1 is 1.17 bits per heavy atom. The second-order valence-corrected chi connectivity index (χ2v) is 7.18. The zero-order valence-electron chi connectivity index (χ0n) is 16.1. The lowest BCUT2D eigenvalue weighted by molar-refractivity contribution is -0.117. The molecule has 30 heavy (non-hydrogen) atoms. The number of carbonyl (C=O) groups excluding carboxylic acids is 2. The number of imidazole rings is 1. The van der Waals surface area contributed by atoms with E-state index in [0.29, 0.717) is 22.9 Å². The van der Waals surface area contributed by atoms with Crippen molar-refractivity contribution in [3.63, 3.8) is 0 Å². The number of fused-ring (bicyclic) bond motifs is 1. The van der Waals surface area contributed by atoms with Crippen LogP contribution in [0.5, 0.6) is 0 Å². The van der Waals surface area contributed by atoms with Crippen molar-refractivity contribution in [3.05, 3.63) is 77.2 Å². The molecule has 0 saturated carbocycles. The Bertz CT molecular complexity index is 1210. The number of carbonyl (C=O) groups is 2. The van der Waals surface area contributed by atoms with E-state index < -0.39 is 17.9 Å². The van der Waals surface area contributed by atoms with E-state index in [-0.39, 0.29) is 5.69 Å². The highest BCUT2D eigenvalue weighted by atomic mass is 35.5. The van der Waals surface area contributed by atoms with Crippen molar-refractivity contribution in [1.29, 1.82) is 0 Å². The fourth-order valence-corrected chi connectivity index (χ4v) is 3.25. The van der Waals surface area contributed by atoms with Crippen molar-refractivity contribution in [3.8, 4) is 0 Å². The van der Waals surface area contributed by atoms with E-state index in [0.717, 1.165) is 11.1 Å². The standard InChI is InChI=1S/C21H19ClN6O2/c1-13(24-20(30)18-15-7-3-5-9-17(15)26-27-18)19(29)25-21-23-10-11-28(21)12-14-6-2-4-8-16(14)22/h2-11,13H,12H2,1H3,(H,24,30)(H,26,27)(H,23,25,29). The van der Waals surface area contributed by atoms with E-state index in [1.165, 1.54) is 0 Å². The molecule has 9 heteroatoms. The van der Waals surface area contributed by atoms with Crippen molar-refractivity contribution in [2.24, 2.45) is 0 Å². The fourth-order valence-electron chi connectivity index (χ4n) is 3.06. The first-order valence-corrected chi connectivity index (χ1v) is 9.70. The predicted molar refractivity (Wildman–Crippen MR) is 114 cm³/mol. The van der Waals surface area contributed by atoms with Gasteiger partial charge in [-0.05, 0) is 24.6 Å². The van der Waals surface area contributed by atoms with Crippen molar-refractivity contribution in [2.45, 2.75) is 19.5 Å². The molecule has 0 saturated heterocycles.